The second-order valence-corrected chi connectivity index (χ2v) is 6.81. The minimum Gasteiger partial charge on any atom is -0.378 e. The Morgan fingerprint density at radius 1 is 1.00 bits per heavy atom. The quantitative estimate of drug-likeness (QED) is 0.658. The molecule has 0 radical (unpaired) electrons. The van der Waals surface area contributed by atoms with E-state index in [1.54, 1.807) is 18.2 Å². The van der Waals surface area contributed by atoms with Gasteiger partial charge >= 0.3 is 0 Å². The van der Waals surface area contributed by atoms with Gasteiger partial charge in [-0.05, 0) is 43.4 Å². The Bertz CT molecular complexity index is 749. The molecule has 134 valence electrons. The molecule has 2 atom stereocenters. The molecule has 2 aromatic carbocycles. The van der Waals surface area contributed by atoms with Gasteiger partial charge in [-0.2, -0.15) is 0 Å². The molecule has 2 aromatic rings. The third kappa shape index (κ3) is 3.74. The largest absolute Gasteiger partial charge is 0.378 e. The lowest BCUT2D eigenvalue weighted by Crippen LogP contribution is -2.22. The van der Waals surface area contributed by atoms with Gasteiger partial charge in [-0.3, -0.25) is 0 Å². The minimum absolute atomic E-state index is 0.0325. The highest BCUT2D eigenvalue weighted by Gasteiger charge is 2.22. The molecule has 0 aliphatic carbocycles. The molecular formula is C21H23F3O. The van der Waals surface area contributed by atoms with Crippen molar-refractivity contribution in [2.75, 3.05) is 6.61 Å². The van der Waals surface area contributed by atoms with E-state index in [4.69, 9.17) is 4.74 Å². The van der Waals surface area contributed by atoms with Gasteiger partial charge < -0.3 is 4.74 Å². The van der Waals surface area contributed by atoms with E-state index < -0.39 is 17.5 Å². The Labute approximate surface area is 146 Å². The van der Waals surface area contributed by atoms with Gasteiger partial charge in [-0.15, -0.1) is 0 Å². The summed E-state index contributed by atoms with van der Waals surface area (Å²) >= 11 is 0. The zero-order valence-corrected chi connectivity index (χ0v) is 14.6. The van der Waals surface area contributed by atoms with Crippen molar-refractivity contribution < 1.29 is 17.9 Å². The summed E-state index contributed by atoms with van der Waals surface area (Å²) in [6, 6.07) is 7.77. The molecule has 0 aromatic heterocycles. The van der Waals surface area contributed by atoms with Crippen molar-refractivity contribution in [3.05, 3.63) is 58.9 Å². The number of aryl methyl sites for hydroxylation is 1. The SMILES string of the molecule is CCCc1ccc(-c2ccc(C3CCC(C)OC3)cc2F)c(F)c1F. The summed E-state index contributed by atoms with van der Waals surface area (Å²) in [7, 11) is 0. The number of hydrogen-bond acceptors (Lipinski definition) is 1. The summed E-state index contributed by atoms with van der Waals surface area (Å²) < 4.78 is 48.8. The average molecular weight is 348 g/mol. The molecular weight excluding hydrogens is 325 g/mol. The van der Waals surface area contributed by atoms with Gasteiger partial charge in [0.1, 0.15) is 5.82 Å². The highest BCUT2D eigenvalue weighted by molar-refractivity contribution is 5.66. The van der Waals surface area contributed by atoms with Gasteiger partial charge in [-0.25, -0.2) is 13.2 Å². The number of halogens is 3. The van der Waals surface area contributed by atoms with Gasteiger partial charge in [-0.1, -0.05) is 37.6 Å². The number of hydrogen-bond donors (Lipinski definition) is 0. The second-order valence-electron chi connectivity index (χ2n) is 6.81. The van der Waals surface area contributed by atoms with Crippen molar-refractivity contribution in [3.8, 4) is 11.1 Å². The normalized spacial score (nSPS) is 20.7. The number of rotatable bonds is 4. The molecule has 2 unspecified atom stereocenters. The summed E-state index contributed by atoms with van der Waals surface area (Å²) in [6.45, 7) is 4.49. The first-order chi connectivity index (χ1) is 12.0. The zero-order chi connectivity index (χ0) is 18.0. The molecule has 0 amide bonds. The van der Waals surface area contributed by atoms with Gasteiger partial charge in [0.15, 0.2) is 11.6 Å². The van der Waals surface area contributed by atoms with Crippen LogP contribution < -0.4 is 0 Å². The van der Waals surface area contributed by atoms with Crippen LogP contribution in [0.3, 0.4) is 0 Å². The molecule has 3 rings (SSSR count). The third-order valence-corrected chi connectivity index (χ3v) is 4.94. The summed E-state index contributed by atoms with van der Waals surface area (Å²) in [5.74, 6) is -2.24. The standard InChI is InChI=1S/C21H23F3O/c1-3-4-14-7-10-18(21(24)20(14)23)17-9-8-15(11-19(17)22)16-6-5-13(2)25-12-16/h7-11,13,16H,3-6,12H2,1-2H3. The fourth-order valence-electron chi connectivity index (χ4n) is 3.41. The van der Waals surface area contributed by atoms with Crippen molar-refractivity contribution in [3.63, 3.8) is 0 Å². The van der Waals surface area contributed by atoms with Crippen molar-refractivity contribution in [1.82, 2.24) is 0 Å². The van der Waals surface area contributed by atoms with E-state index in [1.807, 2.05) is 13.8 Å². The molecule has 0 spiro atoms. The zero-order valence-electron chi connectivity index (χ0n) is 14.6. The Hall–Kier alpha value is -1.81. The van der Waals surface area contributed by atoms with Crippen LogP contribution in [-0.4, -0.2) is 12.7 Å². The number of ether oxygens (including phenoxy) is 1. The highest BCUT2D eigenvalue weighted by Crippen LogP contribution is 2.33. The molecule has 1 aliphatic heterocycles. The smallest absolute Gasteiger partial charge is 0.167 e. The highest BCUT2D eigenvalue weighted by atomic mass is 19.2. The van der Waals surface area contributed by atoms with Crippen LogP contribution in [0.5, 0.6) is 0 Å². The Morgan fingerprint density at radius 3 is 2.40 bits per heavy atom. The van der Waals surface area contributed by atoms with Crippen LogP contribution in [0.4, 0.5) is 13.2 Å². The number of benzene rings is 2. The van der Waals surface area contributed by atoms with Crippen LogP contribution in [0.1, 0.15) is 50.2 Å². The van der Waals surface area contributed by atoms with E-state index in [0.717, 1.165) is 24.8 Å². The van der Waals surface area contributed by atoms with E-state index in [1.165, 1.54) is 12.1 Å². The molecule has 25 heavy (non-hydrogen) atoms. The molecule has 0 N–H and O–H groups in total. The summed E-state index contributed by atoms with van der Waals surface area (Å²) in [5, 5.41) is 0. The van der Waals surface area contributed by atoms with Gasteiger partial charge in [0, 0.05) is 17.0 Å². The lowest BCUT2D eigenvalue weighted by Gasteiger charge is -2.27. The van der Waals surface area contributed by atoms with Crippen LogP contribution in [0, 0.1) is 17.5 Å². The Balaban J connectivity index is 1.90. The van der Waals surface area contributed by atoms with E-state index in [9.17, 15) is 13.2 Å². The Kier molecular flexibility index (Phi) is 5.48. The summed E-state index contributed by atoms with van der Waals surface area (Å²) in [4.78, 5) is 0. The molecule has 1 aliphatic rings. The first-order valence-corrected chi connectivity index (χ1v) is 8.89. The summed E-state index contributed by atoms with van der Waals surface area (Å²) in [6.07, 6.45) is 3.30. The molecule has 1 nitrogen and oxygen atoms in total. The molecule has 4 heteroatoms. The van der Waals surface area contributed by atoms with Crippen molar-refractivity contribution in [2.24, 2.45) is 0 Å². The van der Waals surface area contributed by atoms with E-state index in [-0.39, 0.29) is 23.1 Å². The second kappa shape index (κ2) is 7.61. The van der Waals surface area contributed by atoms with Crippen molar-refractivity contribution >= 4 is 0 Å². The maximum atomic E-state index is 14.6. The lowest BCUT2D eigenvalue weighted by molar-refractivity contribution is 0.0154. The molecule has 1 saturated heterocycles. The predicted octanol–water partition coefficient (Wildman–Crippen LogP) is 6.01. The predicted molar refractivity (Wildman–Crippen MR) is 93.1 cm³/mol. The maximum Gasteiger partial charge on any atom is 0.167 e. The summed E-state index contributed by atoms with van der Waals surface area (Å²) in [5.41, 5.74) is 1.23. The van der Waals surface area contributed by atoms with Crippen LogP contribution in [0.2, 0.25) is 0 Å². The maximum absolute atomic E-state index is 14.6. The minimum atomic E-state index is -0.979. The molecule has 0 saturated carbocycles. The first-order valence-electron chi connectivity index (χ1n) is 8.89. The Morgan fingerprint density at radius 2 is 1.76 bits per heavy atom. The topological polar surface area (TPSA) is 9.23 Å². The van der Waals surface area contributed by atoms with E-state index >= 15 is 0 Å². The van der Waals surface area contributed by atoms with Gasteiger partial charge in [0.05, 0.1) is 12.7 Å². The average Bonchev–Trinajstić information content (AvgIpc) is 2.60. The van der Waals surface area contributed by atoms with Crippen LogP contribution in [0.25, 0.3) is 11.1 Å². The molecule has 1 heterocycles. The molecule has 1 fully saturated rings. The fourth-order valence-corrected chi connectivity index (χ4v) is 3.41. The van der Waals surface area contributed by atoms with Crippen molar-refractivity contribution in [1.29, 1.82) is 0 Å². The monoisotopic (exact) mass is 348 g/mol. The van der Waals surface area contributed by atoms with Crippen LogP contribution in [-0.2, 0) is 11.2 Å². The van der Waals surface area contributed by atoms with E-state index in [2.05, 4.69) is 0 Å². The van der Waals surface area contributed by atoms with Crippen molar-refractivity contribution in [2.45, 2.75) is 51.6 Å². The van der Waals surface area contributed by atoms with Gasteiger partial charge in [0.25, 0.3) is 0 Å². The lowest BCUT2D eigenvalue weighted by atomic mass is 9.90. The third-order valence-electron chi connectivity index (χ3n) is 4.94. The molecule has 0 bridgehead atoms. The van der Waals surface area contributed by atoms with E-state index in [0.29, 0.717) is 18.6 Å². The van der Waals surface area contributed by atoms with Crippen LogP contribution >= 0.6 is 0 Å². The van der Waals surface area contributed by atoms with Crippen LogP contribution in [0.15, 0.2) is 30.3 Å². The fraction of sp³-hybridized carbons (Fsp3) is 0.429. The first kappa shape index (κ1) is 18.0. The van der Waals surface area contributed by atoms with Gasteiger partial charge in [0.2, 0.25) is 0 Å².